The molecule has 0 heterocycles. The second-order valence-electron chi connectivity index (χ2n) is 9.42. The van der Waals surface area contributed by atoms with E-state index in [0.29, 0.717) is 30.1 Å². The molecule has 2 amide bonds. The summed E-state index contributed by atoms with van der Waals surface area (Å²) in [6.45, 7) is 1.82. The van der Waals surface area contributed by atoms with Crippen molar-refractivity contribution in [2.75, 3.05) is 11.9 Å². The second kappa shape index (κ2) is 13.0. The number of benzene rings is 4. The van der Waals surface area contributed by atoms with Crippen LogP contribution < -0.4 is 4.90 Å². The summed E-state index contributed by atoms with van der Waals surface area (Å²) in [6, 6.07) is 24.2. The molecule has 1 atom stereocenters. The van der Waals surface area contributed by atoms with Gasteiger partial charge in [-0.05, 0) is 55.0 Å². The number of anilines is 1. The Balaban J connectivity index is 1.84. The molecule has 0 unspecified atom stereocenters. The molecule has 216 valence electrons. The maximum Gasteiger partial charge on any atom is 0.269 e. The average Bonchev–Trinajstić information content (AvgIpc) is 2.96. The van der Waals surface area contributed by atoms with Crippen molar-refractivity contribution in [2.24, 2.45) is 0 Å². The highest BCUT2D eigenvalue weighted by atomic mass is 79.9. The first-order valence-corrected chi connectivity index (χ1v) is 15.6. The Morgan fingerprint density at radius 2 is 1.45 bits per heavy atom. The van der Waals surface area contributed by atoms with E-state index < -0.39 is 39.2 Å². The summed E-state index contributed by atoms with van der Waals surface area (Å²) in [4.78, 5) is 39.9. The first kappa shape index (κ1) is 31.1. The number of halogens is 2. The number of hydrogen-bond acceptors (Lipinski definition) is 6. The van der Waals surface area contributed by atoms with Gasteiger partial charge in [0.25, 0.3) is 21.6 Å². The molecule has 12 heteroatoms. The lowest BCUT2D eigenvalue weighted by Gasteiger charge is -2.33. The van der Waals surface area contributed by atoms with Gasteiger partial charge in [0.15, 0.2) is 0 Å². The summed E-state index contributed by atoms with van der Waals surface area (Å²) in [6.07, 6.45) is -0.442. The van der Waals surface area contributed by atoms with Crippen LogP contribution in [0.2, 0.25) is 0 Å². The van der Waals surface area contributed by atoms with Crippen molar-refractivity contribution >= 4 is 65.1 Å². The molecule has 0 aliphatic carbocycles. The van der Waals surface area contributed by atoms with E-state index >= 15 is 0 Å². The number of amides is 2. The van der Waals surface area contributed by atoms with Gasteiger partial charge in [-0.25, -0.2) is 12.7 Å². The maximum absolute atomic E-state index is 14.1. The molecule has 9 nitrogen and oxygen atoms in total. The van der Waals surface area contributed by atoms with Crippen molar-refractivity contribution in [1.82, 2.24) is 4.31 Å². The first-order valence-electron chi connectivity index (χ1n) is 12.6. The highest BCUT2D eigenvalue weighted by molar-refractivity contribution is 9.11. The Hall–Kier alpha value is -3.87. The summed E-state index contributed by atoms with van der Waals surface area (Å²) in [5, 5.41) is 11.3. The molecule has 0 spiro atoms. The number of carbonyl (C=O) groups is 2. The van der Waals surface area contributed by atoms with Gasteiger partial charge >= 0.3 is 0 Å². The van der Waals surface area contributed by atoms with Crippen LogP contribution in [0.15, 0.2) is 111 Å². The van der Waals surface area contributed by atoms with Crippen molar-refractivity contribution in [3.63, 3.8) is 0 Å². The van der Waals surface area contributed by atoms with Crippen LogP contribution in [0.3, 0.4) is 0 Å². The van der Waals surface area contributed by atoms with E-state index in [1.54, 1.807) is 60.7 Å². The molecule has 0 aliphatic heterocycles. The minimum atomic E-state index is -4.20. The second-order valence-corrected chi connectivity index (χ2v) is 13.2. The van der Waals surface area contributed by atoms with Gasteiger partial charge in [0, 0.05) is 39.4 Å². The lowest BCUT2D eigenvalue weighted by molar-refractivity contribution is -0.384. The Labute approximate surface area is 260 Å². The Kier molecular flexibility index (Phi) is 9.60. The monoisotopic (exact) mass is 713 g/mol. The van der Waals surface area contributed by atoms with Crippen LogP contribution in [0, 0.1) is 17.0 Å². The van der Waals surface area contributed by atoms with E-state index in [2.05, 4.69) is 31.9 Å². The lowest BCUT2D eigenvalue weighted by atomic mass is 9.99. The van der Waals surface area contributed by atoms with E-state index in [1.807, 2.05) is 6.92 Å². The topological polar surface area (TPSA) is 118 Å². The Bertz CT molecular complexity index is 1710. The zero-order chi connectivity index (χ0) is 30.6. The van der Waals surface area contributed by atoms with Crippen LogP contribution in [0.1, 0.15) is 33.9 Å². The van der Waals surface area contributed by atoms with E-state index in [4.69, 9.17) is 0 Å². The molecule has 0 radical (unpaired) electrons. The standard InChI is InChI=1S/C30H25Br2N3O6S/c1-20-8-14-27(15-9-20)42(40,41)33(2)29(36)19-28(21-10-12-25(13-11-21)35(38)39)34(26-17-23(31)16-24(32)18-26)30(37)22-6-4-3-5-7-22/h3-18,28H,19H2,1-2H3/t28-/m1/s1. The van der Waals surface area contributed by atoms with Gasteiger partial charge in [0.05, 0.1) is 22.3 Å². The van der Waals surface area contributed by atoms with Crippen molar-refractivity contribution < 1.29 is 22.9 Å². The van der Waals surface area contributed by atoms with Crippen molar-refractivity contribution in [1.29, 1.82) is 0 Å². The van der Waals surface area contributed by atoms with Crippen molar-refractivity contribution in [3.05, 3.63) is 133 Å². The Morgan fingerprint density at radius 3 is 2.00 bits per heavy atom. The molecule has 0 N–H and O–H groups in total. The molecule has 0 aromatic heterocycles. The molecule has 0 bridgehead atoms. The number of nitro benzene ring substituents is 1. The molecule has 0 saturated heterocycles. The number of non-ortho nitro benzene ring substituents is 1. The highest BCUT2D eigenvalue weighted by Gasteiger charge is 2.34. The third-order valence-corrected chi connectivity index (χ3v) is 9.27. The number of nitro groups is 1. The van der Waals surface area contributed by atoms with E-state index in [-0.39, 0.29) is 10.6 Å². The van der Waals surface area contributed by atoms with Gasteiger partial charge in [-0.3, -0.25) is 19.7 Å². The minimum Gasteiger partial charge on any atom is -0.300 e. The summed E-state index contributed by atoms with van der Waals surface area (Å²) < 4.78 is 28.6. The van der Waals surface area contributed by atoms with Gasteiger partial charge in [-0.1, -0.05) is 79.9 Å². The van der Waals surface area contributed by atoms with E-state index in [9.17, 15) is 28.1 Å². The predicted octanol–water partition coefficient (Wildman–Crippen LogP) is 7.05. The number of hydrogen-bond donors (Lipinski definition) is 0. The fraction of sp³-hybridized carbons (Fsp3) is 0.133. The van der Waals surface area contributed by atoms with Crippen LogP contribution >= 0.6 is 31.9 Å². The summed E-state index contributed by atoms with van der Waals surface area (Å²) in [5.74, 6) is -1.24. The van der Waals surface area contributed by atoms with Crippen LogP contribution in [0.4, 0.5) is 11.4 Å². The average molecular weight is 715 g/mol. The van der Waals surface area contributed by atoms with E-state index in [1.165, 1.54) is 48.3 Å². The number of sulfonamides is 1. The van der Waals surface area contributed by atoms with Crippen LogP contribution in [-0.4, -0.2) is 36.5 Å². The van der Waals surface area contributed by atoms with Crippen LogP contribution in [-0.2, 0) is 14.8 Å². The molecule has 0 saturated carbocycles. The third kappa shape index (κ3) is 6.94. The molecule has 42 heavy (non-hydrogen) atoms. The van der Waals surface area contributed by atoms with Gasteiger partial charge in [-0.2, -0.15) is 0 Å². The van der Waals surface area contributed by atoms with Gasteiger partial charge in [-0.15, -0.1) is 0 Å². The van der Waals surface area contributed by atoms with Crippen molar-refractivity contribution in [2.45, 2.75) is 24.3 Å². The fourth-order valence-electron chi connectivity index (χ4n) is 4.31. The highest BCUT2D eigenvalue weighted by Crippen LogP contribution is 2.36. The van der Waals surface area contributed by atoms with Gasteiger partial charge in [0.2, 0.25) is 5.91 Å². The molecule has 4 aromatic rings. The molecular formula is C30H25Br2N3O6S. The predicted molar refractivity (Wildman–Crippen MR) is 167 cm³/mol. The quantitative estimate of drug-likeness (QED) is 0.135. The molecule has 4 aromatic carbocycles. The van der Waals surface area contributed by atoms with E-state index in [0.717, 1.165) is 5.56 Å². The van der Waals surface area contributed by atoms with Crippen LogP contribution in [0.5, 0.6) is 0 Å². The molecule has 0 fully saturated rings. The lowest BCUT2D eigenvalue weighted by Crippen LogP contribution is -2.40. The molecule has 0 aliphatic rings. The molecule has 4 rings (SSSR count). The first-order chi connectivity index (χ1) is 19.9. The summed E-state index contributed by atoms with van der Waals surface area (Å²) in [7, 11) is -3.03. The number of rotatable bonds is 9. The van der Waals surface area contributed by atoms with Gasteiger partial charge < -0.3 is 4.90 Å². The fourth-order valence-corrected chi connectivity index (χ4v) is 6.72. The van der Waals surface area contributed by atoms with Crippen LogP contribution in [0.25, 0.3) is 0 Å². The minimum absolute atomic E-state index is 0.0519. The largest absolute Gasteiger partial charge is 0.300 e. The number of carbonyl (C=O) groups excluding carboxylic acids is 2. The van der Waals surface area contributed by atoms with Crippen molar-refractivity contribution in [3.8, 4) is 0 Å². The van der Waals surface area contributed by atoms with Gasteiger partial charge in [0.1, 0.15) is 0 Å². The molecular weight excluding hydrogens is 690 g/mol. The zero-order valence-electron chi connectivity index (χ0n) is 22.5. The number of aryl methyl sites for hydroxylation is 1. The third-order valence-electron chi connectivity index (χ3n) is 6.56. The normalized spacial score (nSPS) is 11.9. The Morgan fingerprint density at radius 1 is 0.881 bits per heavy atom. The summed E-state index contributed by atoms with van der Waals surface area (Å²) >= 11 is 6.90. The SMILES string of the molecule is Cc1ccc(S(=O)(=O)N(C)C(=O)C[C@H](c2ccc([N+](=O)[O-])cc2)N(C(=O)c2ccccc2)c2cc(Br)cc(Br)c2)cc1. The smallest absolute Gasteiger partial charge is 0.269 e. The maximum atomic E-state index is 14.1. The zero-order valence-corrected chi connectivity index (χ0v) is 26.5. The summed E-state index contributed by atoms with van der Waals surface area (Å²) in [5.41, 5.74) is 1.82. The number of nitrogens with zero attached hydrogens (tertiary/aromatic N) is 3.